The maximum absolute atomic E-state index is 11.1. The topological polar surface area (TPSA) is 63.1 Å². The summed E-state index contributed by atoms with van der Waals surface area (Å²) in [6.07, 6.45) is 0. The minimum atomic E-state index is -1.01. The van der Waals surface area contributed by atoms with E-state index in [-0.39, 0.29) is 5.56 Å². The molecule has 1 N–H and O–H groups in total. The molecule has 0 radical (unpaired) electrons. The van der Waals surface area contributed by atoms with Gasteiger partial charge in [0.05, 0.1) is 16.4 Å². The summed E-state index contributed by atoms with van der Waals surface area (Å²) in [7, 11) is 0. The van der Waals surface area contributed by atoms with E-state index in [1.165, 1.54) is 0 Å². The average Bonchev–Trinajstić information content (AvgIpc) is 2.31. The number of rotatable bonds is 2. The Kier molecular flexibility index (Phi) is 3.87. The molecule has 0 aliphatic carbocycles. The second-order valence-corrected chi connectivity index (χ2v) is 5.29. The van der Waals surface area contributed by atoms with Crippen molar-refractivity contribution in [2.75, 3.05) is 0 Å². The number of carboxylic acids is 1. The molecule has 0 aliphatic heterocycles. The average molecular weight is 342 g/mol. The predicted molar refractivity (Wildman–Crippen MR) is 76.6 cm³/mol. The van der Waals surface area contributed by atoms with E-state index in [2.05, 4.69) is 25.9 Å². The second kappa shape index (κ2) is 5.27. The highest BCUT2D eigenvalue weighted by molar-refractivity contribution is 9.10. The number of carbonyl (C=O) groups is 1. The van der Waals surface area contributed by atoms with Gasteiger partial charge in [0.2, 0.25) is 0 Å². The molecule has 0 aliphatic rings. The summed E-state index contributed by atoms with van der Waals surface area (Å²) in [5.41, 5.74) is 1.82. The molecule has 0 saturated carbocycles. The van der Waals surface area contributed by atoms with Gasteiger partial charge in [0.15, 0.2) is 5.82 Å². The molecule has 6 heteroatoms. The van der Waals surface area contributed by atoms with E-state index in [0.29, 0.717) is 22.2 Å². The molecule has 0 unspecified atom stereocenters. The molecule has 1 aromatic heterocycles. The predicted octanol–water partition coefficient (Wildman–Crippen LogP) is 3.87. The van der Waals surface area contributed by atoms with E-state index >= 15 is 0 Å². The fourth-order valence-corrected chi connectivity index (χ4v) is 2.29. The van der Waals surface area contributed by atoms with Crippen LogP contribution in [0.3, 0.4) is 0 Å². The molecule has 0 fully saturated rings. The first-order valence-corrected chi connectivity index (χ1v) is 6.61. The Labute approximate surface area is 123 Å². The molecule has 98 valence electrons. The van der Waals surface area contributed by atoms with Crippen molar-refractivity contribution in [1.82, 2.24) is 9.97 Å². The van der Waals surface area contributed by atoms with Crippen LogP contribution >= 0.6 is 27.5 Å². The van der Waals surface area contributed by atoms with Gasteiger partial charge in [-0.1, -0.05) is 11.6 Å². The molecule has 2 rings (SSSR count). The van der Waals surface area contributed by atoms with Gasteiger partial charge in [-0.2, -0.15) is 0 Å². The minimum Gasteiger partial charge on any atom is -0.478 e. The van der Waals surface area contributed by atoms with Crippen molar-refractivity contribution in [3.8, 4) is 11.4 Å². The Balaban J connectivity index is 2.58. The Bertz CT molecular complexity index is 651. The van der Waals surface area contributed by atoms with Gasteiger partial charge in [-0.3, -0.25) is 0 Å². The molecule has 2 aromatic rings. The fraction of sp³-hybridized carbons (Fsp3) is 0.154. The van der Waals surface area contributed by atoms with Gasteiger partial charge in [0.1, 0.15) is 5.56 Å². The Morgan fingerprint density at radius 1 is 1.26 bits per heavy atom. The van der Waals surface area contributed by atoms with Crippen molar-refractivity contribution in [2.45, 2.75) is 13.8 Å². The quantitative estimate of drug-likeness (QED) is 0.900. The van der Waals surface area contributed by atoms with Gasteiger partial charge < -0.3 is 5.11 Å². The van der Waals surface area contributed by atoms with Gasteiger partial charge >= 0.3 is 5.97 Å². The molecule has 1 aromatic carbocycles. The van der Waals surface area contributed by atoms with Crippen molar-refractivity contribution in [1.29, 1.82) is 0 Å². The van der Waals surface area contributed by atoms with Crippen LogP contribution in [0, 0.1) is 13.8 Å². The molecule has 0 spiro atoms. The van der Waals surface area contributed by atoms with Gasteiger partial charge in [0.25, 0.3) is 0 Å². The summed E-state index contributed by atoms with van der Waals surface area (Å²) in [4.78, 5) is 19.6. The summed E-state index contributed by atoms with van der Waals surface area (Å²) in [6, 6.07) is 5.33. The molecule has 1 heterocycles. The van der Waals surface area contributed by atoms with Crippen molar-refractivity contribution in [2.24, 2.45) is 0 Å². The van der Waals surface area contributed by atoms with E-state index < -0.39 is 5.97 Å². The van der Waals surface area contributed by atoms with Crippen LogP contribution < -0.4 is 0 Å². The normalized spacial score (nSPS) is 10.5. The summed E-state index contributed by atoms with van der Waals surface area (Å²) < 4.78 is 0.743. The van der Waals surface area contributed by atoms with Gasteiger partial charge in [0, 0.05) is 10.0 Å². The van der Waals surface area contributed by atoms with Crippen LogP contribution in [0.15, 0.2) is 22.7 Å². The van der Waals surface area contributed by atoms with Crippen LogP contribution in [0.5, 0.6) is 0 Å². The number of nitrogens with zero attached hydrogens (tertiary/aromatic N) is 2. The minimum absolute atomic E-state index is 0.150. The Morgan fingerprint density at radius 3 is 2.32 bits per heavy atom. The molecular weight excluding hydrogens is 332 g/mol. The van der Waals surface area contributed by atoms with E-state index in [1.807, 2.05) is 0 Å². The van der Waals surface area contributed by atoms with E-state index in [4.69, 9.17) is 16.7 Å². The Morgan fingerprint density at radius 2 is 1.84 bits per heavy atom. The van der Waals surface area contributed by atoms with Crippen molar-refractivity contribution < 1.29 is 9.90 Å². The standard InChI is InChI=1S/C13H10BrClN2O2/c1-6-11(13(18)19)7(2)17-12(16-6)8-3-4-10(15)9(14)5-8/h3-5H,1-2H3,(H,18,19). The van der Waals surface area contributed by atoms with E-state index in [9.17, 15) is 4.79 Å². The largest absolute Gasteiger partial charge is 0.478 e. The summed E-state index contributed by atoms with van der Waals surface area (Å²) >= 11 is 9.27. The summed E-state index contributed by atoms with van der Waals surface area (Å²) in [6.45, 7) is 3.32. The lowest BCUT2D eigenvalue weighted by atomic mass is 10.1. The lowest BCUT2D eigenvalue weighted by Crippen LogP contribution is -2.08. The molecular formula is C13H10BrClN2O2. The monoisotopic (exact) mass is 340 g/mol. The van der Waals surface area contributed by atoms with Crippen LogP contribution in [0.2, 0.25) is 5.02 Å². The summed E-state index contributed by atoms with van der Waals surface area (Å²) in [5, 5.41) is 9.68. The zero-order valence-corrected chi connectivity index (χ0v) is 12.6. The molecule has 19 heavy (non-hydrogen) atoms. The first-order valence-electron chi connectivity index (χ1n) is 5.44. The number of halogens is 2. The van der Waals surface area contributed by atoms with Crippen LogP contribution in [0.4, 0.5) is 0 Å². The zero-order chi connectivity index (χ0) is 14.2. The highest BCUT2D eigenvalue weighted by atomic mass is 79.9. The van der Waals surface area contributed by atoms with Gasteiger partial charge in [-0.25, -0.2) is 14.8 Å². The fourth-order valence-electron chi connectivity index (χ4n) is 1.79. The zero-order valence-electron chi connectivity index (χ0n) is 10.2. The highest BCUT2D eigenvalue weighted by Crippen LogP contribution is 2.28. The molecule has 0 atom stereocenters. The van der Waals surface area contributed by atoms with E-state index in [1.54, 1.807) is 32.0 Å². The third kappa shape index (κ3) is 2.77. The van der Waals surface area contributed by atoms with Crippen LogP contribution in [-0.2, 0) is 0 Å². The third-order valence-electron chi connectivity index (χ3n) is 2.66. The van der Waals surface area contributed by atoms with Crippen molar-refractivity contribution >= 4 is 33.5 Å². The van der Waals surface area contributed by atoms with Crippen LogP contribution in [0.1, 0.15) is 21.7 Å². The SMILES string of the molecule is Cc1nc(-c2ccc(Cl)c(Br)c2)nc(C)c1C(=O)O. The molecule has 4 nitrogen and oxygen atoms in total. The maximum atomic E-state index is 11.1. The van der Waals surface area contributed by atoms with Gasteiger partial charge in [-0.05, 0) is 48.0 Å². The number of aromatic nitrogens is 2. The van der Waals surface area contributed by atoms with Crippen LogP contribution in [0.25, 0.3) is 11.4 Å². The Hall–Kier alpha value is -1.46. The third-order valence-corrected chi connectivity index (χ3v) is 3.88. The number of aromatic carboxylic acids is 1. The molecule has 0 saturated heterocycles. The first-order chi connectivity index (χ1) is 8.90. The lowest BCUT2D eigenvalue weighted by Gasteiger charge is -2.08. The lowest BCUT2D eigenvalue weighted by molar-refractivity contribution is 0.0694. The number of hydrogen-bond donors (Lipinski definition) is 1. The number of benzene rings is 1. The first kappa shape index (κ1) is 14.0. The molecule has 0 bridgehead atoms. The number of carboxylic acid groups (broad SMARTS) is 1. The van der Waals surface area contributed by atoms with E-state index in [0.717, 1.165) is 10.0 Å². The maximum Gasteiger partial charge on any atom is 0.339 e. The smallest absolute Gasteiger partial charge is 0.339 e. The number of aryl methyl sites for hydroxylation is 2. The molecule has 0 amide bonds. The highest BCUT2D eigenvalue weighted by Gasteiger charge is 2.15. The second-order valence-electron chi connectivity index (χ2n) is 4.03. The number of hydrogen-bond acceptors (Lipinski definition) is 3. The van der Waals surface area contributed by atoms with Crippen molar-refractivity contribution in [3.63, 3.8) is 0 Å². The van der Waals surface area contributed by atoms with Crippen LogP contribution in [-0.4, -0.2) is 21.0 Å². The van der Waals surface area contributed by atoms with Crippen molar-refractivity contribution in [3.05, 3.63) is 44.6 Å². The summed E-state index contributed by atoms with van der Waals surface area (Å²) in [5.74, 6) is -0.531. The van der Waals surface area contributed by atoms with Gasteiger partial charge in [-0.15, -0.1) is 0 Å².